The predicted molar refractivity (Wildman–Crippen MR) is 87.6 cm³/mol. The van der Waals surface area contributed by atoms with Gasteiger partial charge in [-0.3, -0.25) is 9.59 Å². The van der Waals surface area contributed by atoms with Gasteiger partial charge in [0.2, 0.25) is 11.8 Å². The number of nitrogens with one attached hydrogen (secondary N) is 2. The number of carboxylic acid groups (broad SMARTS) is 1. The molecule has 0 aliphatic carbocycles. The third-order valence-electron chi connectivity index (χ3n) is 3.04. The molecule has 7 nitrogen and oxygen atoms in total. The topological polar surface area (TPSA) is 122 Å². The summed E-state index contributed by atoms with van der Waals surface area (Å²) in [6.07, 6.45) is 2.77. The molecule has 0 aromatic heterocycles. The summed E-state index contributed by atoms with van der Waals surface area (Å²) >= 11 is 1.59. The molecule has 0 spiro atoms. The maximum Gasteiger partial charge on any atom is 0.326 e. The Morgan fingerprint density at radius 1 is 1.14 bits per heavy atom. The SMILES string of the molecule is CSCCC(N)C(=O)NC(C)C(=O)NC(CC(C)C)C(=O)O. The molecule has 0 radical (unpaired) electrons. The van der Waals surface area contributed by atoms with Crippen molar-refractivity contribution in [3.05, 3.63) is 0 Å². The maximum atomic E-state index is 12.0. The Hall–Kier alpha value is -1.28. The average molecular weight is 333 g/mol. The zero-order chi connectivity index (χ0) is 17.3. The van der Waals surface area contributed by atoms with Gasteiger partial charge in [-0.2, -0.15) is 11.8 Å². The van der Waals surface area contributed by atoms with Crippen molar-refractivity contribution in [2.45, 2.75) is 51.7 Å². The van der Waals surface area contributed by atoms with E-state index in [1.807, 2.05) is 20.1 Å². The first-order valence-corrected chi connectivity index (χ1v) is 8.66. The van der Waals surface area contributed by atoms with Crippen LogP contribution in [0.4, 0.5) is 0 Å². The van der Waals surface area contributed by atoms with E-state index in [4.69, 9.17) is 10.8 Å². The van der Waals surface area contributed by atoms with Gasteiger partial charge in [0, 0.05) is 0 Å². The molecule has 0 aromatic rings. The number of hydrogen-bond donors (Lipinski definition) is 4. The largest absolute Gasteiger partial charge is 0.480 e. The molecule has 0 heterocycles. The van der Waals surface area contributed by atoms with E-state index in [9.17, 15) is 14.4 Å². The molecule has 2 amide bonds. The zero-order valence-corrected chi connectivity index (χ0v) is 14.4. The van der Waals surface area contributed by atoms with E-state index < -0.39 is 35.9 Å². The van der Waals surface area contributed by atoms with Crippen LogP contribution >= 0.6 is 11.8 Å². The Kier molecular flexibility index (Phi) is 9.84. The molecule has 0 bridgehead atoms. The number of carboxylic acids is 1. The minimum atomic E-state index is -1.09. The molecule has 0 rings (SSSR count). The molecular formula is C14H27N3O4S. The van der Waals surface area contributed by atoms with Crippen molar-refractivity contribution < 1.29 is 19.5 Å². The number of carbonyl (C=O) groups is 3. The standard InChI is InChI=1S/C14H27N3O4S/c1-8(2)7-11(14(20)21)17-12(18)9(3)16-13(19)10(15)5-6-22-4/h8-11H,5-7,15H2,1-4H3,(H,16,19)(H,17,18)(H,20,21). The highest BCUT2D eigenvalue weighted by Gasteiger charge is 2.25. The zero-order valence-electron chi connectivity index (χ0n) is 13.6. The second-order valence-corrected chi connectivity index (χ2v) is 6.63. The van der Waals surface area contributed by atoms with Gasteiger partial charge in [-0.05, 0) is 37.7 Å². The van der Waals surface area contributed by atoms with Gasteiger partial charge >= 0.3 is 5.97 Å². The fraction of sp³-hybridized carbons (Fsp3) is 0.786. The lowest BCUT2D eigenvalue weighted by atomic mass is 10.0. The van der Waals surface area contributed by atoms with E-state index >= 15 is 0 Å². The fourth-order valence-electron chi connectivity index (χ4n) is 1.75. The van der Waals surface area contributed by atoms with E-state index in [1.54, 1.807) is 11.8 Å². The molecular weight excluding hydrogens is 306 g/mol. The van der Waals surface area contributed by atoms with Gasteiger partial charge in [0.15, 0.2) is 0 Å². The second kappa shape index (κ2) is 10.4. The lowest BCUT2D eigenvalue weighted by Crippen LogP contribution is -2.53. The van der Waals surface area contributed by atoms with E-state index in [1.165, 1.54) is 6.92 Å². The van der Waals surface area contributed by atoms with E-state index in [-0.39, 0.29) is 5.92 Å². The summed E-state index contributed by atoms with van der Waals surface area (Å²) < 4.78 is 0. The molecule has 0 fully saturated rings. The minimum absolute atomic E-state index is 0.131. The van der Waals surface area contributed by atoms with Crippen molar-refractivity contribution in [2.24, 2.45) is 11.7 Å². The Labute approximate surface area is 135 Å². The minimum Gasteiger partial charge on any atom is -0.480 e. The van der Waals surface area contributed by atoms with Crippen LogP contribution < -0.4 is 16.4 Å². The molecule has 0 aliphatic rings. The summed E-state index contributed by atoms with van der Waals surface area (Å²) in [7, 11) is 0. The molecule has 0 aromatic carbocycles. The van der Waals surface area contributed by atoms with Crippen molar-refractivity contribution in [3.63, 3.8) is 0 Å². The lowest BCUT2D eigenvalue weighted by molar-refractivity contribution is -0.142. The molecule has 3 atom stereocenters. The van der Waals surface area contributed by atoms with Crippen LogP contribution in [0.5, 0.6) is 0 Å². The number of rotatable bonds is 10. The average Bonchev–Trinajstić information content (AvgIpc) is 2.42. The summed E-state index contributed by atoms with van der Waals surface area (Å²) in [5.74, 6) is -1.14. The third kappa shape index (κ3) is 8.23. The Morgan fingerprint density at radius 3 is 2.18 bits per heavy atom. The smallest absolute Gasteiger partial charge is 0.326 e. The monoisotopic (exact) mass is 333 g/mol. The first-order valence-electron chi connectivity index (χ1n) is 7.27. The number of aliphatic carboxylic acids is 1. The number of carbonyl (C=O) groups excluding carboxylic acids is 2. The molecule has 8 heteroatoms. The van der Waals surface area contributed by atoms with Crippen LogP contribution in [-0.4, -0.2) is 53.0 Å². The number of hydrogen-bond acceptors (Lipinski definition) is 5. The number of nitrogens with two attached hydrogens (primary N) is 1. The summed E-state index contributed by atoms with van der Waals surface area (Å²) in [6.45, 7) is 5.25. The van der Waals surface area contributed by atoms with Crippen molar-refractivity contribution in [1.29, 1.82) is 0 Å². The second-order valence-electron chi connectivity index (χ2n) is 5.65. The highest BCUT2D eigenvalue weighted by molar-refractivity contribution is 7.98. The van der Waals surface area contributed by atoms with Crippen LogP contribution in [0.3, 0.4) is 0 Å². The molecule has 5 N–H and O–H groups in total. The van der Waals surface area contributed by atoms with Gasteiger partial charge in [-0.25, -0.2) is 4.79 Å². The molecule has 128 valence electrons. The highest BCUT2D eigenvalue weighted by Crippen LogP contribution is 2.05. The number of amides is 2. The van der Waals surface area contributed by atoms with Crippen LogP contribution in [0.15, 0.2) is 0 Å². The van der Waals surface area contributed by atoms with Gasteiger partial charge in [0.1, 0.15) is 12.1 Å². The predicted octanol–water partition coefficient (Wildman–Crippen LogP) is 0.187. The van der Waals surface area contributed by atoms with E-state index in [0.29, 0.717) is 12.8 Å². The Bertz CT molecular complexity index is 390. The van der Waals surface area contributed by atoms with Crippen LogP contribution in [0, 0.1) is 5.92 Å². The first-order chi connectivity index (χ1) is 10.2. The van der Waals surface area contributed by atoms with Crippen LogP contribution in [0.25, 0.3) is 0 Å². The lowest BCUT2D eigenvalue weighted by Gasteiger charge is -2.21. The summed E-state index contributed by atoms with van der Waals surface area (Å²) in [6, 6.07) is -2.47. The Morgan fingerprint density at radius 2 is 1.73 bits per heavy atom. The van der Waals surface area contributed by atoms with Crippen molar-refractivity contribution in [1.82, 2.24) is 10.6 Å². The van der Waals surface area contributed by atoms with Crippen LogP contribution in [-0.2, 0) is 14.4 Å². The summed E-state index contributed by atoms with van der Waals surface area (Å²) in [5.41, 5.74) is 5.72. The molecule has 0 aliphatic heterocycles. The molecule has 0 saturated heterocycles. The molecule has 3 unspecified atom stereocenters. The number of thioether (sulfide) groups is 1. The first kappa shape index (κ1) is 20.7. The fourth-order valence-corrected chi connectivity index (χ4v) is 2.24. The normalized spacial score (nSPS) is 15.0. The van der Waals surface area contributed by atoms with Crippen molar-refractivity contribution in [2.75, 3.05) is 12.0 Å². The van der Waals surface area contributed by atoms with Gasteiger partial charge in [-0.1, -0.05) is 13.8 Å². The maximum absolute atomic E-state index is 12.0. The van der Waals surface area contributed by atoms with Gasteiger partial charge in [-0.15, -0.1) is 0 Å². The third-order valence-corrected chi connectivity index (χ3v) is 3.69. The summed E-state index contributed by atoms with van der Waals surface area (Å²) in [5, 5.41) is 14.0. The van der Waals surface area contributed by atoms with Crippen LogP contribution in [0.1, 0.15) is 33.6 Å². The van der Waals surface area contributed by atoms with E-state index in [0.717, 1.165) is 5.75 Å². The quantitative estimate of drug-likeness (QED) is 0.453. The van der Waals surface area contributed by atoms with Gasteiger partial charge in [0.05, 0.1) is 6.04 Å². The van der Waals surface area contributed by atoms with Crippen molar-refractivity contribution in [3.8, 4) is 0 Å². The van der Waals surface area contributed by atoms with Crippen LogP contribution in [0.2, 0.25) is 0 Å². The van der Waals surface area contributed by atoms with Crippen molar-refractivity contribution >= 4 is 29.5 Å². The summed E-state index contributed by atoms with van der Waals surface area (Å²) in [4.78, 5) is 34.9. The van der Waals surface area contributed by atoms with Gasteiger partial charge < -0.3 is 21.5 Å². The van der Waals surface area contributed by atoms with E-state index in [2.05, 4.69) is 10.6 Å². The van der Waals surface area contributed by atoms with Gasteiger partial charge in [0.25, 0.3) is 0 Å². The molecule has 0 saturated carbocycles. The Balaban J connectivity index is 4.46. The highest BCUT2D eigenvalue weighted by atomic mass is 32.2. The molecule has 22 heavy (non-hydrogen) atoms.